The van der Waals surface area contributed by atoms with Gasteiger partial charge in [0.25, 0.3) is 5.91 Å². The predicted octanol–water partition coefficient (Wildman–Crippen LogP) is 0.363. The van der Waals surface area contributed by atoms with Gasteiger partial charge in [0.2, 0.25) is 0 Å². The van der Waals surface area contributed by atoms with Crippen LogP contribution in [0.3, 0.4) is 0 Å². The Hall–Kier alpha value is -1.35. The molecule has 1 unspecified atom stereocenters. The summed E-state index contributed by atoms with van der Waals surface area (Å²) < 4.78 is 36.7. The Balaban J connectivity index is 2.37. The van der Waals surface area contributed by atoms with Gasteiger partial charge >= 0.3 is 0 Å². The van der Waals surface area contributed by atoms with Crippen molar-refractivity contribution in [3.05, 3.63) is 23.6 Å². The monoisotopic (exact) mass is 319 g/mol. The topological polar surface area (TPSA) is 93.4 Å². The maximum Gasteiger partial charge on any atom is 0.258 e. The van der Waals surface area contributed by atoms with Gasteiger partial charge in [0.1, 0.15) is 17.0 Å². The summed E-state index contributed by atoms with van der Waals surface area (Å²) in [6.45, 7) is 0.275. The lowest BCUT2D eigenvalue weighted by Gasteiger charge is -2.34. The summed E-state index contributed by atoms with van der Waals surface area (Å²) in [5.41, 5.74) is 5.47. The molecule has 2 heterocycles. The van der Waals surface area contributed by atoms with E-state index >= 15 is 0 Å². The molecule has 1 aromatic heterocycles. The second kappa shape index (κ2) is 5.57. The zero-order valence-electron chi connectivity index (χ0n) is 10.7. The number of thioether (sulfide) groups is 1. The van der Waals surface area contributed by atoms with Gasteiger partial charge in [-0.25, -0.2) is 17.8 Å². The maximum absolute atomic E-state index is 13.2. The van der Waals surface area contributed by atoms with E-state index in [1.165, 1.54) is 16.7 Å². The van der Waals surface area contributed by atoms with Crippen LogP contribution in [0, 0.1) is 5.82 Å². The molecule has 110 valence electrons. The highest BCUT2D eigenvalue weighted by Crippen LogP contribution is 2.23. The number of aromatic nitrogens is 1. The number of carbonyl (C=O) groups is 1. The van der Waals surface area contributed by atoms with Gasteiger partial charge in [-0.15, -0.1) is 0 Å². The van der Waals surface area contributed by atoms with Gasteiger partial charge in [0.15, 0.2) is 9.84 Å². The second-order valence-electron chi connectivity index (χ2n) is 4.44. The van der Waals surface area contributed by atoms with Crippen molar-refractivity contribution in [2.75, 3.05) is 30.0 Å². The molecule has 1 saturated heterocycles. The smallest absolute Gasteiger partial charge is 0.258 e. The van der Waals surface area contributed by atoms with Gasteiger partial charge in [-0.1, -0.05) is 0 Å². The highest BCUT2D eigenvalue weighted by Gasteiger charge is 2.35. The van der Waals surface area contributed by atoms with Crippen molar-refractivity contribution in [2.24, 2.45) is 0 Å². The summed E-state index contributed by atoms with van der Waals surface area (Å²) in [4.78, 5) is 17.2. The van der Waals surface area contributed by atoms with Crippen molar-refractivity contribution in [3.63, 3.8) is 0 Å². The first-order valence-corrected chi connectivity index (χ1v) is 8.90. The number of hydrogen-bond donors (Lipinski definition) is 1. The molecule has 2 rings (SSSR count). The van der Waals surface area contributed by atoms with Crippen LogP contribution >= 0.6 is 11.8 Å². The molecule has 1 aromatic rings. The van der Waals surface area contributed by atoms with Crippen molar-refractivity contribution in [1.29, 1.82) is 0 Å². The van der Waals surface area contributed by atoms with E-state index in [1.807, 2.05) is 0 Å². The van der Waals surface area contributed by atoms with Gasteiger partial charge in [0.05, 0.1) is 11.8 Å². The number of halogens is 1. The van der Waals surface area contributed by atoms with E-state index in [0.717, 1.165) is 18.5 Å². The molecule has 20 heavy (non-hydrogen) atoms. The number of nitrogens with two attached hydrogens (primary N) is 1. The van der Waals surface area contributed by atoms with Crippen molar-refractivity contribution >= 4 is 33.3 Å². The molecule has 0 saturated carbocycles. The first kappa shape index (κ1) is 15.0. The van der Waals surface area contributed by atoms with Gasteiger partial charge < -0.3 is 10.6 Å². The molecule has 2 N–H and O–H groups in total. The average Bonchev–Trinajstić information content (AvgIpc) is 2.40. The van der Waals surface area contributed by atoms with Crippen molar-refractivity contribution < 1.29 is 17.6 Å². The molecule has 1 aliphatic rings. The zero-order chi connectivity index (χ0) is 14.9. The molecule has 1 atom stereocenters. The Morgan fingerprint density at radius 3 is 2.95 bits per heavy atom. The first-order chi connectivity index (χ1) is 9.30. The number of amides is 1. The Morgan fingerprint density at radius 1 is 1.60 bits per heavy atom. The molecule has 1 fully saturated rings. The first-order valence-electron chi connectivity index (χ1n) is 5.79. The van der Waals surface area contributed by atoms with E-state index in [1.54, 1.807) is 0 Å². The van der Waals surface area contributed by atoms with Crippen molar-refractivity contribution in [1.82, 2.24) is 9.88 Å². The van der Waals surface area contributed by atoms with Crippen LogP contribution in [0.2, 0.25) is 0 Å². The molecule has 0 radical (unpaired) electrons. The highest BCUT2D eigenvalue weighted by atomic mass is 32.2. The Kier molecular flexibility index (Phi) is 4.19. The fourth-order valence-electron chi connectivity index (χ4n) is 1.94. The van der Waals surface area contributed by atoms with Crippen molar-refractivity contribution in [3.8, 4) is 0 Å². The van der Waals surface area contributed by atoms with Gasteiger partial charge in [-0.2, -0.15) is 11.8 Å². The van der Waals surface area contributed by atoms with Crippen LogP contribution in [0.1, 0.15) is 10.4 Å². The minimum absolute atomic E-state index is 0.106. The van der Waals surface area contributed by atoms with E-state index in [4.69, 9.17) is 5.73 Å². The molecular weight excluding hydrogens is 305 g/mol. The normalized spacial score (nSPS) is 19.9. The van der Waals surface area contributed by atoms with Crippen LogP contribution < -0.4 is 5.73 Å². The van der Waals surface area contributed by atoms with E-state index in [-0.39, 0.29) is 17.9 Å². The van der Waals surface area contributed by atoms with E-state index in [2.05, 4.69) is 4.98 Å². The standard InChI is InChI=1S/C11H14FN3O3S2/c1-20(17,18)9-6-19-3-2-15(9)11(16)8-4-7(12)5-14-10(8)13/h4-5,9H,2-3,6H2,1H3,(H2,13,14). The minimum atomic E-state index is -3.42. The van der Waals surface area contributed by atoms with Gasteiger partial charge in [-0.05, 0) is 6.07 Å². The minimum Gasteiger partial charge on any atom is -0.383 e. The van der Waals surface area contributed by atoms with Gasteiger partial charge in [-0.3, -0.25) is 4.79 Å². The van der Waals surface area contributed by atoms with Crippen LogP contribution in [-0.4, -0.2) is 53.9 Å². The summed E-state index contributed by atoms with van der Waals surface area (Å²) in [7, 11) is -3.42. The lowest BCUT2D eigenvalue weighted by Crippen LogP contribution is -2.50. The number of pyridine rings is 1. The maximum atomic E-state index is 13.2. The zero-order valence-corrected chi connectivity index (χ0v) is 12.4. The molecule has 9 heteroatoms. The third-order valence-electron chi connectivity index (χ3n) is 2.96. The molecule has 0 bridgehead atoms. The molecule has 6 nitrogen and oxygen atoms in total. The Morgan fingerprint density at radius 2 is 2.30 bits per heavy atom. The van der Waals surface area contributed by atoms with E-state index in [9.17, 15) is 17.6 Å². The largest absolute Gasteiger partial charge is 0.383 e. The predicted molar refractivity (Wildman–Crippen MR) is 75.6 cm³/mol. The molecular formula is C11H14FN3O3S2. The number of anilines is 1. The van der Waals surface area contributed by atoms with E-state index in [0.29, 0.717) is 11.5 Å². The summed E-state index contributed by atoms with van der Waals surface area (Å²) in [5, 5.41) is -0.920. The Labute approximate surface area is 120 Å². The fraction of sp³-hybridized carbons (Fsp3) is 0.455. The SMILES string of the molecule is CS(=O)(=O)C1CSCCN1C(=O)c1cc(F)cnc1N. The fourth-order valence-corrected chi connectivity index (χ4v) is 4.76. The molecule has 1 aliphatic heterocycles. The van der Waals surface area contributed by atoms with Crippen LogP contribution in [0.4, 0.5) is 10.2 Å². The molecule has 0 aliphatic carbocycles. The van der Waals surface area contributed by atoms with Crippen molar-refractivity contribution in [2.45, 2.75) is 5.37 Å². The lowest BCUT2D eigenvalue weighted by molar-refractivity contribution is 0.0750. The lowest BCUT2D eigenvalue weighted by atomic mass is 10.2. The molecule has 1 amide bonds. The summed E-state index contributed by atoms with van der Waals surface area (Å²) >= 11 is 1.46. The Bertz CT molecular complexity index is 636. The number of hydrogen-bond acceptors (Lipinski definition) is 6. The number of nitrogen functional groups attached to an aromatic ring is 1. The number of rotatable bonds is 2. The molecule has 0 spiro atoms. The quantitative estimate of drug-likeness (QED) is 0.846. The average molecular weight is 319 g/mol. The summed E-state index contributed by atoms with van der Waals surface area (Å²) in [5.74, 6) is -0.481. The summed E-state index contributed by atoms with van der Waals surface area (Å²) in [6.07, 6.45) is 1.99. The van der Waals surface area contributed by atoms with Crippen LogP contribution in [0.25, 0.3) is 0 Å². The van der Waals surface area contributed by atoms with Crippen LogP contribution in [-0.2, 0) is 9.84 Å². The van der Waals surface area contributed by atoms with E-state index < -0.39 is 26.9 Å². The molecule has 0 aromatic carbocycles. The van der Waals surface area contributed by atoms with Crippen LogP contribution in [0.15, 0.2) is 12.3 Å². The van der Waals surface area contributed by atoms with Gasteiger partial charge in [0, 0.05) is 24.3 Å². The second-order valence-corrected chi connectivity index (χ2v) is 7.80. The third kappa shape index (κ3) is 3.04. The third-order valence-corrected chi connectivity index (χ3v) is 5.60. The number of nitrogens with zero attached hydrogens (tertiary/aromatic N) is 2. The van der Waals surface area contributed by atoms with Crippen LogP contribution in [0.5, 0.6) is 0 Å². The number of sulfone groups is 1. The highest BCUT2D eigenvalue weighted by molar-refractivity contribution is 8.00. The summed E-state index contributed by atoms with van der Waals surface area (Å²) in [6, 6.07) is 0.978. The number of carbonyl (C=O) groups excluding carboxylic acids is 1.